The molecule has 0 unspecified atom stereocenters. The highest BCUT2D eigenvalue weighted by atomic mass is 16.6. The van der Waals surface area contributed by atoms with Gasteiger partial charge in [-0.25, -0.2) is 0 Å². The van der Waals surface area contributed by atoms with E-state index in [1.165, 1.54) is 0 Å². The van der Waals surface area contributed by atoms with Crippen molar-refractivity contribution in [2.45, 2.75) is 38.7 Å². The van der Waals surface area contributed by atoms with Gasteiger partial charge in [-0.15, -0.1) is 0 Å². The van der Waals surface area contributed by atoms with Crippen LogP contribution < -0.4 is 0 Å². The second-order valence-corrected chi connectivity index (χ2v) is 6.36. The largest absolute Gasteiger partial charge is 0.459 e. The summed E-state index contributed by atoms with van der Waals surface area (Å²) >= 11 is 0. The maximum atomic E-state index is 12.9. The van der Waals surface area contributed by atoms with E-state index in [1.807, 2.05) is 88.4 Å². The van der Waals surface area contributed by atoms with E-state index in [0.29, 0.717) is 0 Å². The minimum atomic E-state index is -0.810. The van der Waals surface area contributed by atoms with Crippen molar-refractivity contribution in [2.24, 2.45) is 0 Å². The van der Waals surface area contributed by atoms with Gasteiger partial charge in [-0.2, -0.15) is 0 Å². The van der Waals surface area contributed by atoms with Gasteiger partial charge in [0.15, 0.2) is 0 Å². The summed E-state index contributed by atoms with van der Waals surface area (Å²) in [5.74, 6) is -0.229. The van der Waals surface area contributed by atoms with Gasteiger partial charge in [-0.1, -0.05) is 60.7 Å². The minimum absolute atomic E-state index is 0.229. The van der Waals surface area contributed by atoms with Gasteiger partial charge >= 0.3 is 5.97 Å². The van der Waals surface area contributed by atoms with Crippen molar-refractivity contribution in [2.75, 3.05) is 0 Å². The first-order valence-corrected chi connectivity index (χ1v) is 7.18. The first-order valence-electron chi connectivity index (χ1n) is 7.18. The molecule has 0 aromatic heterocycles. The SMILES string of the molecule is CC(C)(C)OC(=O)C(C)(c1ccccc1)c1ccccc1. The molecular weight excluding hydrogens is 260 g/mol. The summed E-state index contributed by atoms with van der Waals surface area (Å²) in [7, 11) is 0. The van der Waals surface area contributed by atoms with Crippen molar-refractivity contribution in [3.63, 3.8) is 0 Å². The van der Waals surface area contributed by atoms with E-state index in [0.717, 1.165) is 11.1 Å². The Labute approximate surface area is 126 Å². The van der Waals surface area contributed by atoms with E-state index in [-0.39, 0.29) is 5.97 Å². The Morgan fingerprint density at radius 1 is 0.762 bits per heavy atom. The molecule has 2 rings (SSSR count). The lowest BCUT2D eigenvalue weighted by atomic mass is 9.76. The molecule has 0 bridgehead atoms. The number of ether oxygens (including phenoxy) is 1. The van der Waals surface area contributed by atoms with Crippen molar-refractivity contribution in [1.29, 1.82) is 0 Å². The maximum absolute atomic E-state index is 12.9. The van der Waals surface area contributed by atoms with Gasteiger partial charge in [-0.05, 0) is 38.8 Å². The Balaban J connectivity index is 2.53. The minimum Gasteiger partial charge on any atom is -0.459 e. The maximum Gasteiger partial charge on any atom is 0.321 e. The van der Waals surface area contributed by atoms with Crippen molar-refractivity contribution < 1.29 is 9.53 Å². The monoisotopic (exact) mass is 282 g/mol. The molecule has 0 radical (unpaired) electrons. The molecule has 0 heterocycles. The van der Waals surface area contributed by atoms with Crippen LogP contribution in [0.15, 0.2) is 60.7 Å². The summed E-state index contributed by atoms with van der Waals surface area (Å²) in [6, 6.07) is 19.6. The third-order valence-corrected chi connectivity index (χ3v) is 3.51. The zero-order valence-electron chi connectivity index (χ0n) is 13.1. The topological polar surface area (TPSA) is 26.3 Å². The summed E-state index contributed by atoms with van der Waals surface area (Å²) in [6.07, 6.45) is 0. The van der Waals surface area contributed by atoms with E-state index in [4.69, 9.17) is 4.74 Å². The Bertz CT molecular complexity index is 555. The number of carbonyl (C=O) groups is 1. The average Bonchev–Trinajstić information content (AvgIpc) is 2.46. The summed E-state index contributed by atoms with van der Waals surface area (Å²) in [5, 5.41) is 0. The van der Waals surface area contributed by atoms with Crippen molar-refractivity contribution in [3.05, 3.63) is 71.8 Å². The molecule has 0 spiro atoms. The standard InChI is InChI=1S/C19H22O2/c1-18(2,3)21-17(20)19(4,15-11-7-5-8-12-15)16-13-9-6-10-14-16/h5-14H,1-4H3. The number of rotatable bonds is 3. The molecule has 0 fully saturated rings. The fraction of sp³-hybridized carbons (Fsp3) is 0.316. The number of carbonyl (C=O) groups excluding carboxylic acids is 1. The Morgan fingerprint density at radius 2 is 1.14 bits per heavy atom. The molecule has 2 nitrogen and oxygen atoms in total. The third-order valence-electron chi connectivity index (χ3n) is 3.51. The first-order chi connectivity index (χ1) is 9.84. The van der Waals surface area contributed by atoms with Gasteiger partial charge in [0.25, 0.3) is 0 Å². The van der Waals surface area contributed by atoms with E-state index in [2.05, 4.69) is 0 Å². The molecule has 0 aliphatic heterocycles. The summed E-state index contributed by atoms with van der Waals surface area (Å²) in [4.78, 5) is 12.9. The number of hydrogen-bond donors (Lipinski definition) is 0. The molecule has 110 valence electrons. The van der Waals surface area contributed by atoms with E-state index < -0.39 is 11.0 Å². The number of esters is 1. The van der Waals surface area contributed by atoms with Crippen LogP contribution in [0, 0.1) is 0 Å². The number of benzene rings is 2. The van der Waals surface area contributed by atoms with Crippen LogP contribution in [-0.2, 0) is 14.9 Å². The molecular formula is C19H22O2. The van der Waals surface area contributed by atoms with Gasteiger partial charge in [0.1, 0.15) is 11.0 Å². The average molecular weight is 282 g/mol. The summed E-state index contributed by atoms with van der Waals surface area (Å²) < 4.78 is 5.67. The summed E-state index contributed by atoms with van der Waals surface area (Å²) in [5.41, 5.74) is 0.549. The van der Waals surface area contributed by atoms with Crippen LogP contribution in [0.3, 0.4) is 0 Å². The van der Waals surface area contributed by atoms with Crippen molar-refractivity contribution >= 4 is 5.97 Å². The molecule has 0 aliphatic carbocycles. The molecule has 21 heavy (non-hydrogen) atoms. The van der Waals surface area contributed by atoms with Gasteiger partial charge in [0.05, 0.1) is 0 Å². The van der Waals surface area contributed by atoms with Crippen LogP contribution in [0.2, 0.25) is 0 Å². The molecule has 0 aliphatic rings. The van der Waals surface area contributed by atoms with Gasteiger partial charge < -0.3 is 4.74 Å². The Kier molecular flexibility index (Phi) is 4.17. The van der Waals surface area contributed by atoms with Gasteiger partial charge in [0.2, 0.25) is 0 Å². The number of hydrogen-bond acceptors (Lipinski definition) is 2. The van der Waals surface area contributed by atoms with Crippen molar-refractivity contribution in [3.8, 4) is 0 Å². The first kappa shape index (κ1) is 15.3. The van der Waals surface area contributed by atoms with E-state index >= 15 is 0 Å². The normalized spacial score (nSPS) is 12.0. The lowest BCUT2D eigenvalue weighted by Gasteiger charge is -2.32. The van der Waals surface area contributed by atoms with Crippen LogP contribution in [-0.4, -0.2) is 11.6 Å². The van der Waals surface area contributed by atoms with Crippen molar-refractivity contribution in [1.82, 2.24) is 0 Å². The molecule has 0 N–H and O–H groups in total. The smallest absolute Gasteiger partial charge is 0.321 e. The van der Waals surface area contributed by atoms with Crippen LogP contribution in [0.1, 0.15) is 38.8 Å². The molecule has 0 amide bonds. The van der Waals surface area contributed by atoms with Crippen LogP contribution >= 0.6 is 0 Å². The molecule has 2 aromatic carbocycles. The lowest BCUT2D eigenvalue weighted by Crippen LogP contribution is -2.39. The zero-order valence-corrected chi connectivity index (χ0v) is 13.1. The van der Waals surface area contributed by atoms with Crippen LogP contribution in [0.5, 0.6) is 0 Å². The fourth-order valence-electron chi connectivity index (χ4n) is 2.33. The summed E-state index contributed by atoms with van der Waals surface area (Å²) in [6.45, 7) is 7.59. The molecule has 2 heteroatoms. The quantitative estimate of drug-likeness (QED) is 0.783. The molecule has 0 saturated heterocycles. The van der Waals surface area contributed by atoms with E-state index in [1.54, 1.807) is 0 Å². The highest BCUT2D eigenvalue weighted by molar-refractivity contribution is 5.87. The molecule has 2 aromatic rings. The molecule has 0 saturated carbocycles. The predicted octanol–water partition coefficient (Wildman–Crippen LogP) is 4.33. The Morgan fingerprint density at radius 3 is 1.48 bits per heavy atom. The Hall–Kier alpha value is -2.09. The molecule has 0 atom stereocenters. The van der Waals surface area contributed by atoms with Gasteiger partial charge in [-0.3, -0.25) is 4.79 Å². The second-order valence-electron chi connectivity index (χ2n) is 6.36. The lowest BCUT2D eigenvalue weighted by molar-refractivity contribution is -0.159. The fourth-order valence-corrected chi connectivity index (χ4v) is 2.33. The third kappa shape index (κ3) is 3.33. The van der Waals surface area contributed by atoms with Crippen LogP contribution in [0.4, 0.5) is 0 Å². The zero-order chi connectivity index (χ0) is 15.5. The predicted molar refractivity (Wildman–Crippen MR) is 85.2 cm³/mol. The van der Waals surface area contributed by atoms with E-state index in [9.17, 15) is 4.79 Å². The van der Waals surface area contributed by atoms with Gasteiger partial charge in [0, 0.05) is 0 Å². The van der Waals surface area contributed by atoms with Crippen LogP contribution in [0.25, 0.3) is 0 Å². The second kappa shape index (κ2) is 5.72. The highest BCUT2D eigenvalue weighted by Crippen LogP contribution is 2.34. The highest BCUT2D eigenvalue weighted by Gasteiger charge is 2.40.